The van der Waals surface area contributed by atoms with Gasteiger partial charge in [0.15, 0.2) is 0 Å². The van der Waals surface area contributed by atoms with E-state index in [0.29, 0.717) is 5.76 Å². The fraction of sp³-hybridized carbons (Fsp3) is 0.0833. The van der Waals surface area contributed by atoms with Gasteiger partial charge in [-0.05, 0) is 18.2 Å². The van der Waals surface area contributed by atoms with Gasteiger partial charge < -0.3 is 14.3 Å². The Kier molecular flexibility index (Phi) is 3.53. The molecule has 1 aromatic carbocycles. The van der Waals surface area contributed by atoms with Crippen LogP contribution in [0, 0.1) is 5.82 Å². The highest BCUT2D eigenvalue weighted by atomic mass is 35.5. The van der Waals surface area contributed by atoms with Gasteiger partial charge in [0.1, 0.15) is 30.2 Å². The van der Waals surface area contributed by atoms with Gasteiger partial charge in [-0.15, -0.1) is 0 Å². The predicted molar refractivity (Wildman–Crippen MR) is 61.4 cm³/mol. The zero-order valence-corrected chi connectivity index (χ0v) is 9.78. The molecule has 0 atom stereocenters. The van der Waals surface area contributed by atoms with Crippen molar-refractivity contribution in [2.24, 2.45) is 0 Å². The number of carboxylic acids is 1. The summed E-state index contributed by atoms with van der Waals surface area (Å²) in [5.74, 6) is -1.05. The molecule has 6 heteroatoms. The number of furan rings is 1. The molecule has 0 aliphatic carbocycles. The average Bonchev–Trinajstić information content (AvgIpc) is 2.79. The maximum absolute atomic E-state index is 13.1. The fourth-order valence-electron chi connectivity index (χ4n) is 1.29. The monoisotopic (exact) mass is 270 g/mol. The van der Waals surface area contributed by atoms with Gasteiger partial charge in [-0.25, -0.2) is 9.18 Å². The van der Waals surface area contributed by atoms with E-state index < -0.39 is 11.8 Å². The molecule has 1 aromatic heterocycles. The third-order valence-electron chi connectivity index (χ3n) is 2.17. The largest absolute Gasteiger partial charge is 0.486 e. The summed E-state index contributed by atoms with van der Waals surface area (Å²) >= 11 is 5.52. The van der Waals surface area contributed by atoms with Gasteiger partial charge in [0.05, 0.1) is 10.6 Å². The van der Waals surface area contributed by atoms with Crippen LogP contribution in [0.1, 0.15) is 16.1 Å². The number of benzene rings is 1. The first kappa shape index (κ1) is 12.4. The first-order valence-corrected chi connectivity index (χ1v) is 5.32. The van der Waals surface area contributed by atoms with Crippen LogP contribution >= 0.6 is 11.6 Å². The summed E-state index contributed by atoms with van der Waals surface area (Å²) in [7, 11) is 0. The van der Waals surface area contributed by atoms with Crippen LogP contribution in [0.4, 0.5) is 4.39 Å². The lowest BCUT2D eigenvalue weighted by Gasteiger charge is -2.04. The number of hydrogen-bond acceptors (Lipinski definition) is 3. The van der Waals surface area contributed by atoms with Crippen LogP contribution in [0.3, 0.4) is 0 Å². The van der Waals surface area contributed by atoms with Crippen molar-refractivity contribution in [3.63, 3.8) is 0 Å². The van der Waals surface area contributed by atoms with Gasteiger partial charge in [0.25, 0.3) is 0 Å². The Morgan fingerprint density at radius 1 is 1.44 bits per heavy atom. The van der Waals surface area contributed by atoms with Gasteiger partial charge >= 0.3 is 5.97 Å². The molecule has 94 valence electrons. The summed E-state index contributed by atoms with van der Waals surface area (Å²) in [5.41, 5.74) is 0.0379. The highest BCUT2D eigenvalue weighted by Crippen LogP contribution is 2.21. The topological polar surface area (TPSA) is 59.7 Å². The minimum Gasteiger partial charge on any atom is -0.486 e. The summed E-state index contributed by atoms with van der Waals surface area (Å²) in [6.45, 7) is 0.00829. The predicted octanol–water partition coefficient (Wildman–Crippen LogP) is 3.35. The third-order valence-corrected chi connectivity index (χ3v) is 2.48. The lowest BCUT2D eigenvalue weighted by Crippen LogP contribution is -1.95. The Balaban J connectivity index is 2.02. The Morgan fingerprint density at radius 2 is 2.22 bits per heavy atom. The summed E-state index contributed by atoms with van der Waals surface area (Å²) < 4.78 is 23.3. The number of carboxylic acid groups (broad SMARTS) is 1. The molecule has 0 fully saturated rings. The van der Waals surface area contributed by atoms with Crippen LogP contribution in [0.2, 0.25) is 5.02 Å². The minimum absolute atomic E-state index is 0.00788. The first-order chi connectivity index (χ1) is 8.56. The molecule has 0 spiro atoms. The number of ether oxygens (including phenoxy) is 1. The Morgan fingerprint density at radius 3 is 2.83 bits per heavy atom. The SMILES string of the molecule is O=C(O)c1coc(COc2ccc(Cl)c(F)c2)c1. The number of halogens is 2. The second-order valence-electron chi connectivity index (χ2n) is 3.47. The molecule has 0 saturated heterocycles. The van der Waals surface area contributed by atoms with Crippen molar-refractivity contribution in [2.45, 2.75) is 6.61 Å². The lowest BCUT2D eigenvalue weighted by molar-refractivity contribution is 0.0696. The number of hydrogen-bond donors (Lipinski definition) is 1. The molecular weight excluding hydrogens is 263 g/mol. The molecule has 1 N–H and O–H groups in total. The van der Waals surface area contributed by atoms with Gasteiger partial charge in [0, 0.05) is 6.07 Å². The number of rotatable bonds is 4. The highest BCUT2D eigenvalue weighted by molar-refractivity contribution is 6.30. The number of aromatic carboxylic acids is 1. The van der Waals surface area contributed by atoms with Gasteiger partial charge in [-0.2, -0.15) is 0 Å². The Labute approximate surface area is 107 Å². The first-order valence-electron chi connectivity index (χ1n) is 4.95. The van der Waals surface area contributed by atoms with E-state index in [1.54, 1.807) is 0 Å². The number of carbonyl (C=O) groups is 1. The van der Waals surface area contributed by atoms with Crippen LogP contribution in [-0.2, 0) is 6.61 Å². The van der Waals surface area contributed by atoms with E-state index in [4.69, 9.17) is 25.9 Å². The normalized spacial score (nSPS) is 10.3. The van der Waals surface area contributed by atoms with Gasteiger partial charge in [-0.1, -0.05) is 11.6 Å². The van der Waals surface area contributed by atoms with E-state index in [0.717, 1.165) is 12.3 Å². The van der Waals surface area contributed by atoms with Crippen LogP contribution in [0.15, 0.2) is 34.9 Å². The molecule has 1 heterocycles. The zero-order chi connectivity index (χ0) is 13.1. The molecule has 0 aliphatic heterocycles. The van der Waals surface area contributed by atoms with Gasteiger partial charge in [0.2, 0.25) is 0 Å². The van der Waals surface area contributed by atoms with Crippen molar-refractivity contribution in [2.75, 3.05) is 0 Å². The molecule has 0 saturated carbocycles. The summed E-state index contributed by atoms with van der Waals surface area (Å²) in [5, 5.41) is 8.69. The summed E-state index contributed by atoms with van der Waals surface area (Å²) in [6.07, 6.45) is 1.11. The summed E-state index contributed by atoms with van der Waals surface area (Å²) in [6, 6.07) is 5.36. The maximum atomic E-state index is 13.1. The molecular formula is C12H8ClFO4. The van der Waals surface area contributed by atoms with Crippen molar-refractivity contribution in [1.82, 2.24) is 0 Å². The smallest absolute Gasteiger partial charge is 0.338 e. The molecule has 0 bridgehead atoms. The van der Waals surface area contributed by atoms with Crippen LogP contribution in [-0.4, -0.2) is 11.1 Å². The zero-order valence-electron chi connectivity index (χ0n) is 9.02. The molecule has 0 amide bonds. The second kappa shape index (κ2) is 5.10. The van der Waals surface area contributed by atoms with E-state index in [2.05, 4.69) is 0 Å². The molecule has 0 unspecified atom stereocenters. The standard InChI is InChI=1S/C12H8ClFO4/c13-10-2-1-8(4-11(10)14)18-6-9-3-7(5-17-9)12(15)16/h1-5H,6H2,(H,15,16). The van der Waals surface area contributed by atoms with Crippen molar-refractivity contribution in [1.29, 1.82) is 0 Å². The van der Waals surface area contributed by atoms with Crippen molar-refractivity contribution in [3.05, 3.63) is 52.7 Å². The fourth-order valence-corrected chi connectivity index (χ4v) is 1.41. The molecule has 2 rings (SSSR count). The van der Waals surface area contributed by atoms with Crippen molar-refractivity contribution in [3.8, 4) is 5.75 Å². The summed E-state index contributed by atoms with van der Waals surface area (Å²) in [4.78, 5) is 10.6. The lowest BCUT2D eigenvalue weighted by atomic mass is 10.3. The van der Waals surface area contributed by atoms with E-state index >= 15 is 0 Å². The molecule has 18 heavy (non-hydrogen) atoms. The second-order valence-corrected chi connectivity index (χ2v) is 3.88. The highest BCUT2D eigenvalue weighted by Gasteiger charge is 2.09. The quantitative estimate of drug-likeness (QED) is 0.925. The third kappa shape index (κ3) is 2.81. The average molecular weight is 271 g/mol. The maximum Gasteiger partial charge on any atom is 0.338 e. The van der Waals surface area contributed by atoms with Crippen molar-refractivity contribution >= 4 is 17.6 Å². The van der Waals surface area contributed by atoms with E-state index in [1.165, 1.54) is 18.2 Å². The molecule has 0 aliphatic rings. The van der Waals surface area contributed by atoms with Crippen LogP contribution < -0.4 is 4.74 Å². The van der Waals surface area contributed by atoms with E-state index in [-0.39, 0.29) is 22.9 Å². The molecule has 4 nitrogen and oxygen atoms in total. The van der Waals surface area contributed by atoms with Gasteiger partial charge in [-0.3, -0.25) is 0 Å². The van der Waals surface area contributed by atoms with E-state index in [1.807, 2.05) is 0 Å². The van der Waals surface area contributed by atoms with Crippen LogP contribution in [0.5, 0.6) is 5.75 Å². The Hall–Kier alpha value is -2.01. The molecule has 2 aromatic rings. The minimum atomic E-state index is -1.08. The van der Waals surface area contributed by atoms with Crippen LogP contribution in [0.25, 0.3) is 0 Å². The molecule has 0 radical (unpaired) electrons. The van der Waals surface area contributed by atoms with Crippen molar-refractivity contribution < 1.29 is 23.4 Å². The Bertz CT molecular complexity index is 579. The van der Waals surface area contributed by atoms with E-state index in [9.17, 15) is 9.18 Å².